The summed E-state index contributed by atoms with van der Waals surface area (Å²) < 4.78 is 0. The summed E-state index contributed by atoms with van der Waals surface area (Å²) in [7, 11) is 0. The Labute approximate surface area is 91.2 Å². The summed E-state index contributed by atoms with van der Waals surface area (Å²) in [6.45, 7) is 4.51. The van der Waals surface area contributed by atoms with E-state index in [-0.39, 0.29) is 0 Å². The van der Waals surface area contributed by atoms with Gasteiger partial charge in [-0.25, -0.2) is 0 Å². The van der Waals surface area contributed by atoms with Gasteiger partial charge < -0.3 is 0 Å². The lowest BCUT2D eigenvalue weighted by atomic mass is 10.0. The number of benzene rings is 1. The van der Waals surface area contributed by atoms with Crippen LogP contribution in [-0.4, -0.2) is 4.98 Å². The Morgan fingerprint density at radius 2 is 1.93 bits per heavy atom. The van der Waals surface area contributed by atoms with E-state index in [2.05, 4.69) is 49.2 Å². The van der Waals surface area contributed by atoms with Crippen LogP contribution in [-0.2, 0) is 6.42 Å². The van der Waals surface area contributed by atoms with Gasteiger partial charge in [-0.1, -0.05) is 38.1 Å². The van der Waals surface area contributed by atoms with Gasteiger partial charge in [0.25, 0.3) is 0 Å². The monoisotopic (exact) mass is 199 g/mol. The molecule has 0 fully saturated rings. The van der Waals surface area contributed by atoms with Crippen molar-refractivity contribution in [3.05, 3.63) is 42.2 Å². The van der Waals surface area contributed by atoms with Gasteiger partial charge in [0.15, 0.2) is 0 Å². The highest BCUT2D eigenvalue weighted by molar-refractivity contribution is 5.84. The Kier molecular flexibility index (Phi) is 3.00. The molecule has 0 aliphatic carbocycles. The van der Waals surface area contributed by atoms with Crippen LogP contribution in [0, 0.1) is 5.92 Å². The van der Waals surface area contributed by atoms with Gasteiger partial charge in [0.1, 0.15) is 0 Å². The van der Waals surface area contributed by atoms with Crippen molar-refractivity contribution in [2.24, 2.45) is 5.92 Å². The lowest BCUT2D eigenvalue weighted by Crippen LogP contribution is -1.95. The Hall–Kier alpha value is -1.37. The summed E-state index contributed by atoms with van der Waals surface area (Å²) in [6, 6.07) is 10.6. The van der Waals surface area contributed by atoms with Gasteiger partial charge in [0.05, 0.1) is 0 Å². The quantitative estimate of drug-likeness (QED) is 0.732. The van der Waals surface area contributed by atoms with Crippen LogP contribution in [0.1, 0.15) is 26.0 Å². The van der Waals surface area contributed by atoms with E-state index in [4.69, 9.17) is 0 Å². The fourth-order valence-corrected chi connectivity index (χ4v) is 1.81. The fourth-order valence-electron chi connectivity index (χ4n) is 1.81. The first-order valence-electron chi connectivity index (χ1n) is 5.60. The van der Waals surface area contributed by atoms with E-state index >= 15 is 0 Å². The van der Waals surface area contributed by atoms with E-state index in [1.807, 2.05) is 6.20 Å². The molecular weight excluding hydrogens is 182 g/mol. The fraction of sp³-hybridized carbons (Fsp3) is 0.357. The number of nitrogens with zero attached hydrogens (tertiary/aromatic N) is 1. The molecule has 1 heteroatoms. The first-order valence-corrected chi connectivity index (χ1v) is 5.60. The van der Waals surface area contributed by atoms with E-state index in [1.54, 1.807) is 0 Å². The normalized spacial score (nSPS) is 11.1. The number of aromatic nitrogens is 1. The molecule has 0 saturated heterocycles. The van der Waals surface area contributed by atoms with Gasteiger partial charge in [-0.15, -0.1) is 0 Å². The van der Waals surface area contributed by atoms with Gasteiger partial charge in [-0.05, 0) is 30.2 Å². The lowest BCUT2D eigenvalue weighted by molar-refractivity contribution is 0.583. The maximum Gasteiger partial charge on any atom is 0.0481 e. The van der Waals surface area contributed by atoms with Crippen molar-refractivity contribution < 1.29 is 0 Å². The Balaban J connectivity index is 2.34. The lowest BCUT2D eigenvalue weighted by Gasteiger charge is -2.07. The molecule has 15 heavy (non-hydrogen) atoms. The molecular formula is C14H17N. The van der Waals surface area contributed by atoms with Gasteiger partial charge in [0, 0.05) is 17.3 Å². The van der Waals surface area contributed by atoms with E-state index in [0.29, 0.717) is 0 Å². The molecule has 0 saturated carbocycles. The highest BCUT2D eigenvalue weighted by Gasteiger charge is 2.02. The Morgan fingerprint density at radius 3 is 2.73 bits per heavy atom. The summed E-state index contributed by atoms with van der Waals surface area (Å²) in [5.74, 6) is 0.741. The minimum Gasteiger partial charge on any atom is -0.261 e. The maximum absolute atomic E-state index is 4.48. The minimum atomic E-state index is 0.741. The molecule has 2 rings (SSSR count). The van der Waals surface area contributed by atoms with Crippen LogP contribution in [0.2, 0.25) is 0 Å². The molecule has 0 radical (unpaired) electrons. The predicted octanol–water partition coefficient (Wildman–Crippen LogP) is 3.82. The van der Waals surface area contributed by atoms with Crippen LogP contribution in [0.4, 0.5) is 0 Å². The van der Waals surface area contributed by atoms with Crippen LogP contribution in [0.15, 0.2) is 36.5 Å². The minimum absolute atomic E-state index is 0.741. The van der Waals surface area contributed by atoms with Gasteiger partial charge in [0.2, 0.25) is 0 Å². The summed E-state index contributed by atoms with van der Waals surface area (Å²) in [5.41, 5.74) is 1.24. The Morgan fingerprint density at radius 1 is 1.13 bits per heavy atom. The average molecular weight is 199 g/mol. The topological polar surface area (TPSA) is 12.9 Å². The van der Waals surface area contributed by atoms with Crippen LogP contribution >= 0.6 is 0 Å². The van der Waals surface area contributed by atoms with Crippen molar-refractivity contribution in [1.82, 2.24) is 4.98 Å². The number of aryl methyl sites for hydroxylation is 1. The second-order valence-corrected chi connectivity index (χ2v) is 4.41. The molecule has 2 aromatic rings. The zero-order chi connectivity index (χ0) is 10.7. The van der Waals surface area contributed by atoms with E-state index in [9.17, 15) is 0 Å². The average Bonchev–Trinajstić information content (AvgIpc) is 2.26. The molecule has 0 atom stereocenters. The second kappa shape index (κ2) is 4.43. The first kappa shape index (κ1) is 10.2. The van der Waals surface area contributed by atoms with Crippen LogP contribution in [0.25, 0.3) is 10.8 Å². The molecule has 1 aromatic heterocycles. The summed E-state index contributed by atoms with van der Waals surface area (Å²) in [5, 5.41) is 2.60. The number of pyridine rings is 1. The molecule has 0 bridgehead atoms. The van der Waals surface area contributed by atoms with Crippen molar-refractivity contribution in [2.45, 2.75) is 26.7 Å². The highest BCUT2D eigenvalue weighted by Crippen LogP contribution is 2.18. The molecule has 0 aliphatic rings. The van der Waals surface area contributed by atoms with Crippen LogP contribution in [0.3, 0.4) is 0 Å². The standard InChI is InChI=1S/C14H17N/c1-11(2)7-8-14-13-6-4-3-5-12(13)9-10-15-14/h3-6,9-11H,7-8H2,1-2H3. The molecule has 1 nitrogen and oxygen atoms in total. The zero-order valence-corrected chi connectivity index (χ0v) is 9.40. The summed E-state index contributed by atoms with van der Waals surface area (Å²) in [6.07, 6.45) is 4.21. The molecule has 0 amide bonds. The van der Waals surface area contributed by atoms with Crippen molar-refractivity contribution >= 4 is 10.8 Å². The van der Waals surface area contributed by atoms with Crippen LogP contribution < -0.4 is 0 Å². The maximum atomic E-state index is 4.48. The number of rotatable bonds is 3. The van der Waals surface area contributed by atoms with Crippen molar-refractivity contribution in [3.63, 3.8) is 0 Å². The zero-order valence-electron chi connectivity index (χ0n) is 9.40. The molecule has 0 unspecified atom stereocenters. The number of hydrogen-bond acceptors (Lipinski definition) is 1. The SMILES string of the molecule is CC(C)CCc1nccc2ccccc12. The number of hydrogen-bond donors (Lipinski definition) is 0. The smallest absolute Gasteiger partial charge is 0.0481 e. The van der Waals surface area contributed by atoms with E-state index < -0.39 is 0 Å². The predicted molar refractivity (Wildman–Crippen MR) is 64.9 cm³/mol. The van der Waals surface area contributed by atoms with Gasteiger partial charge in [-0.2, -0.15) is 0 Å². The molecule has 0 N–H and O–H groups in total. The second-order valence-electron chi connectivity index (χ2n) is 4.41. The number of fused-ring (bicyclic) bond motifs is 1. The highest BCUT2D eigenvalue weighted by atomic mass is 14.7. The summed E-state index contributed by atoms with van der Waals surface area (Å²) in [4.78, 5) is 4.48. The van der Waals surface area contributed by atoms with Crippen LogP contribution in [0.5, 0.6) is 0 Å². The largest absolute Gasteiger partial charge is 0.261 e. The summed E-state index contributed by atoms with van der Waals surface area (Å²) >= 11 is 0. The third-order valence-electron chi connectivity index (χ3n) is 2.71. The molecule has 1 heterocycles. The molecule has 78 valence electrons. The third kappa shape index (κ3) is 2.35. The molecule has 0 spiro atoms. The molecule has 1 aromatic carbocycles. The third-order valence-corrected chi connectivity index (χ3v) is 2.71. The molecule has 0 aliphatic heterocycles. The van der Waals surface area contributed by atoms with Gasteiger partial charge in [-0.3, -0.25) is 4.98 Å². The van der Waals surface area contributed by atoms with Crippen molar-refractivity contribution in [2.75, 3.05) is 0 Å². The Bertz CT molecular complexity index is 441. The van der Waals surface area contributed by atoms with Gasteiger partial charge >= 0.3 is 0 Å². The van der Waals surface area contributed by atoms with E-state index in [0.717, 1.165) is 12.3 Å². The first-order chi connectivity index (χ1) is 7.27. The van der Waals surface area contributed by atoms with E-state index in [1.165, 1.54) is 22.9 Å². The van der Waals surface area contributed by atoms with Crippen molar-refractivity contribution in [3.8, 4) is 0 Å². The van der Waals surface area contributed by atoms with Crippen molar-refractivity contribution in [1.29, 1.82) is 0 Å².